The molecular weight excluding hydrogens is 483 g/mol. The summed E-state index contributed by atoms with van der Waals surface area (Å²) < 4.78 is 41.5. The number of rotatable bonds is 10. The smallest absolute Gasteiger partial charge is 0.264 e. The molecule has 0 saturated carbocycles. The predicted molar refractivity (Wildman–Crippen MR) is 133 cm³/mol. The molecule has 0 spiro atoms. The Labute approximate surface area is 203 Å². The molecule has 3 rings (SSSR count). The van der Waals surface area contributed by atoms with Gasteiger partial charge in [0.25, 0.3) is 10.0 Å². The SMILES string of the molecule is Cc1ccc(Cl)cc1N(CC(=O)NCCSCc1ccccc1F)S(=O)(=O)c1ccccc1. The van der Waals surface area contributed by atoms with Crippen molar-refractivity contribution in [2.24, 2.45) is 0 Å². The summed E-state index contributed by atoms with van der Waals surface area (Å²) in [6, 6.07) is 19.4. The van der Waals surface area contributed by atoms with Crippen molar-refractivity contribution in [1.82, 2.24) is 5.32 Å². The van der Waals surface area contributed by atoms with Gasteiger partial charge in [0.05, 0.1) is 10.6 Å². The van der Waals surface area contributed by atoms with Gasteiger partial charge in [-0.15, -0.1) is 0 Å². The van der Waals surface area contributed by atoms with Crippen molar-refractivity contribution in [3.8, 4) is 0 Å². The molecule has 3 aromatic rings. The average molecular weight is 507 g/mol. The van der Waals surface area contributed by atoms with E-state index in [1.807, 2.05) is 0 Å². The van der Waals surface area contributed by atoms with E-state index in [0.717, 1.165) is 4.31 Å². The molecule has 3 aromatic carbocycles. The molecule has 0 fully saturated rings. The number of amides is 1. The molecule has 0 bridgehead atoms. The Kier molecular flexibility index (Phi) is 8.77. The van der Waals surface area contributed by atoms with Gasteiger partial charge in [-0.3, -0.25) is 9.10 Å². The van der Waals surface area contributed by atoms with Gasteiger partial charge in [-0.25, -0.2) is 12.8 Å². The first-order chi connectivity index (χ1) is 15.8. The van der Waals surface area contributed by atoms with Crippen molar-refractivity contribution in [3.05, 3.63) is 94.8 Å². The van der Waals surface area contributed by atoms with Crippen LogP contribution in [-0.4, -0.2) is 33.2 Å². The standard InChI is InChI=1S/C24H24ClFN2O3S2/c1-18-11-12-20(25)15-23(18)28(33(30,31)21-8-3-2-4-9-21)16-24(29)27-13-14-32-17-19-7-5-6-10-22(19)26/h2-12,15H,13-14,16-17H2,1H3,(H,27,29). The maximum Gasteiger partial charge on any atom is 0.264 e. The zero-order valence-corrected chi connectivity index (χ0v) is 20.4. The second-order valence-electron chi connectivity index (χ2n) is 7.25. The molecule has 0 heterocycles. The summed E-state index contributed by atoms with van der Waals surface area (Å²) in [5, 5.41) is 3.12. The molecule has 0 atom stereocenters. The lowest BCUT2D eigenvalue weighted by Crippen LogP contribution is -2.41. The van der Waals surface area contributed by atoms with E-state index in [1.165, 1.54) is 36.0 Å². The number of hydrogen-bond donors (Lipinski definition) is 1. The van der Waals surface area contributed by atoms with Gasteiger partial charge in [-0.1, -0.05) is 54.1 Å². The number of anilines is 1. The van der Waals surface area contributed by atoms with Crippen LogP contribution in [-0.2, 0) is 20.6 Å². The monoisotopic (exact) mass is 506 g/mol. The van der Waals surface area contributed by atoms with Crippen LogP contribution in [0.3, 0.4) is 0 Å². The Bertz CT molecular complexity index is 1210. The van der Waals surface area contributed by atoms with Crippen LogP contribution in [0.5, 0.6) is 0 Å². The molecule has 174 valence electrons. The van der Waals surface area contributed by atoms with Crippen LogP contribution < -0.4 is 9.62 Å². The first-order valence-corrected chi connectivity index (χ1v) is 13.2. The second kappa shape index (κ2) is 11.5. The number of carbonyl (C=O) groups excluding carboxylic acids is 1. The molecule has 0 radical (unpaired) electrons. The molecule has 0 aliphatic heterocycles. The fourth-order valence-corrected chi connectivity index (χ4v) is 5.63. The second-order valence-corrected chi connectivity index (χ2v) is 10.7. The van der Waals surface area contributed by atoms with Crippen molar-refractivity contribution >= 4 is 45.0 Å². The number of hydrogen-bond acceptors (Lipinski definition) is 4. The normalized spacial score (nSPS) is 11.2. The first-order valence-electron chi connectivity index (χ1n) is 10.2. The molecule has 0 aromatic heterocycles. The highest BCUT2D eigenvalue weighted by Crippen LogP contribution is 2.29. The van der Waals surface area contributed by atoms with E-state index in [9.17, 15) is 17.6 Å². The summed E-state index contributed by atoms with van der Waals surface area (Å²) in [7, 11) is -4.00. The van der Waals surface area contributed by atoms with Crippen molar-refractivity contribution in [2.75, 3.05) is 23.1 Å². The van der Waals surface area contributed by atoms with Gasteiger partial charge < -0.3 is 5.32 Å². The first kappa shape index (κ1) is 25.1. The molecule has 1 amide bonds. The number of carbonyl (C=O) groups is 1. The molecule has 0 aliphatic carbocycles. The number of halogens is 2. The Morgan fingerprint density at radius 3 is 2.48 bits per heavy atom. The minimum absolute atomic E-state index is 0.0811. The zero-order valence-electron chi connectivity index (χ0n) is 18.0. The summed E-state index contributed by atoms with van der Waals surface area (Å²) in [6.07, 6.45) is 0. The molecule has 5 nitrogen and oxygen atoms in total. The van der Waals surface area contributed by atoms with E-state index in [1.54, 1.807) is 55.5 Å². The van der Waals surface area contributed by atoms with Crippen molar-refractivity contribution in [3.63, 3.8) is 0 Å². The van der Waals surface area contributed by atoms with E-state index in [-0.39, 0.29) is 10.7 Å². The fraction of sp³-hybridized carbons (Fsp3) is 0.208. The largest absolute Gasteiger partial charge is 0.354 e. The van der Waals surface area contributed by atoms with Gasteiger partial charge in [0, 0.05) is 23.1 Å². The van der Waals surface area contributed by atoms with E-state index < -0.39 is 22.5 Å². The lowest BCUT2D eigenvalue weighted by atomic mass is 10.2. The third-order valence-electron chi connectivity index (χ3n) is 4.84. The maximum absolute atomic E-state index is 13.7. The highest BCUT2D eigenvalue weighted by Gasteiger charge is 2.28. The summed E-state index contributed by atoms with van der Waals surface area (Å²) in [5.74, 6) is 0.341. The van der Waals surface area contributed by atoms with E-state index in [4.69, 9.17) is 11.6 Å². The minimum atomic E-state index is -4.00. The van der Waals surface area contributed by atoms with E-state index >= 15 is 0 Å². The Morgan fingerprint density at radius 1 is 1.06 bits per heavy atom. The summed E-state index contributed by atoms with van der Waals surface area (Å²) >= 11 is 7.60. The molecule has 0 unspecified atom stereocenters. The quantitative estimate of drug-likeness (QED) is 0.391. The molecule has 0 aliphatic rings. The van der Waals surface area contributed by atoms with Gasteiger partial charge in [0.1, 0.15) is 12.4 Å². The number of sulfonamides is 1. The Balaban J connectivity index is 1.68. The van der Waals surface area contributed by atoms with Gasteiger partial charge >= 0.3 is 0 Å². The molecule has 0 saturated heterocycles. The maximum atomic E-state index is 13.7. The van der Waals surface area contributed by atoms with Crippen LogP contribution in [0.2, 0.25) is 5.02 Å². The van der Waals surface area contributed by atoms with E-state index in [2.05, 4.69) is 5.32 Å². The van der Waals surface area contributed by atoms with Gasteiger partial charge in [-0.2, -0.15) is 11.8 Å². The molecular formula is C24H24ClFN2O3S2. The lowest BCUT2D eigenvalue weighted by molar-refractivity contribution is -0.119. The number of benzene rings is 3. The van der Waals surface area contributed by atoms with Crippen molar-refractivity contribution in [2.45, 2.75) is 17.6 Å². The Hall–Kier alpha value is -2.55. The zero-order chi connectivity index (χ0) is 23.8. The molecule has 9 heteroatoms. The van der Waals surface area contributed by atoms with Crippen LogP contribution in [0.15, 0.2) is 77.7 Å². The van der Waals surface area contributed by atoms with E-state index in [0.29, 0.717) is 39.9 Å². The van der Waals surface area contributed by atoms with Crippen LogP contribution in [0, 0.1) is 12.7 Å². The number of aryl methyl sites for hydroxylation is 1. The molecule has 33 heavy (non-hydrogen) atoms. The summed E-state index contributed by atoms with van der Waals surface area (Å²) in [5.41, 5.74) is 1.62. The van der Waals surface area contributed by atoms with Crippen LogP contribution in [0.4, 0.5) is 10.1 Å². The third kappa shape index (κ3) is 6.72. The highest BCUT2D eigenvalue weighted by atomic mass is 35.5. The molecule has 1 N–H and O–H groups in total. The number of nitrogens with zero attached hydrogens (tertiary/aromatic N) is 1. The predicted octanol–water partition coefficient (Wildman–Crippen LogP) is 5.03. The highest BCUT2D eigenvalue weighted by molar-refractivity contribution is 7.98. The third-order valence-corrected chi connectivity index (χ3v) is 7.86. The van der Waals surface area contributed by atoms with Crippen LogP contribution in [0.25, 0.3) is 0 Å². The minimum Gasteiger partial charge on any atom is -0.354 e. The Morgan fingerprint density at radius 2 is 1.76 bits per heavy atom. The number of nitrogens with one attached hydrogen (secondary N) is 1. The van der Waals surface area contributed by atoms with Crippen molar-refractivity contribution < 1.29 is 17.6 Å². The number of thioether (sulfide) groups is 1. The summed E-state index contributed by atoms with van der Waals surface area (Å²) in [4.78, 5) is 12.7. The fourth-order valence-electron chi connectivity index (χ4n) is 3.12. The van der Waals surface area contributed by atoms with Crippen molar-refractivity contribution in [1.29, 1.82) is 0 Å². The summed E-state index contributed by atoms with van der Waals surface area (Å²) in [6.45, 7) is 1.69. The van der Waals surface area contributed by atoms with Gasteiger partial charge in [-0.05, 0) is 48.4 Å². The average Bonchev–Trinajstić information content (AvgIpc) is 2.80. The lowest BCUT2D eigenvalue weighted by Gasteiger charge is -2.25. The van der Waals surface area contributed by atoms with Crippen LogP contribution in [0.1, 0.15) is 11.1 Å². The van der Waals surface area contributed by atoms with Crippen LogP contribution >= 0.6 is 23.4 Å². The van der Waals surface area contributed by atoms with Gasteiger partial charge in [0.15, 0.2) is 0 Å². The topological polar surface area (TPSA) is 66.5 Å². The van der Waals surface area contributed by atoms with Gasteiger partial charge in [0.2, 0.25) is 5.91 Å².